The van der Waals surface area contributed by atoms with Gasteiger partial charge in [0.1, 0.15) is 0 Å². The van der Waals surface area contributed by atoms with Crippen LogP contribution < -0.4 is 5.32 Å². The van der Waals surface area contributed by atoms with Gasteiger partial charge in [-0.15, -0.1) is 0 Å². The van der Waals surface area contributed by atoms with E-state index in [1.807, 2.05) is 19.9 Å². The lowest BCUT2D eigenvalue weighted by Crippen LogP contribution is -2.24. The molecular weight excluding hydrogens is 142 g/mol. The molecule has 0 aromatic rings. The Morgan fingerprint density at radius 2 is 2.18 bits per heavy atom. The lowest BCUT2D eigenvalue weighted by molar-refractivity contribution is 0.153. The summed E-state index contributed by atoms with van der Waals surface area (Å²) in [6, 6.07) is 0. The molecule has 0 aromatic heterocycles. The van der Waals surface area contributed by atoms with Gasteiger partial charge in [-0.1, -0.05) is 11.6 Å². The summed E-state index contributed by atoms with van der Waals surface area (Å²) in [6.45, 7) is 6.70. The van der Waals surface area contributed by atoms with E-state index in [1.54, 1.807) is 6.92 Å². The van der Waals surface area contributed by atoms with Crippen LogP contribution in [0.1, 0.15) is 20.8 Å². The molecule has 0 aliphatic heterocycles. The smallest absolute Gasteiger partial charge is 0.407 e. The van der Waals surface area contributed by atoms with E-state index < -0.39 is 0 Å². The van der Waals surface area contributed by atoms with E-state index in [2.05, 4.69) is 10.1 Å². The van der Waals surface area contributed by atoms with E-state index in [0.29, 0.717) is 13.2 Å². The standard InChI is InChI=1S/C8H15NO2/c1-4-11-8(10)9-6-5-7(2)3/h5H,4,6H2,1-3H3,(H,9,10). The van der Waals surface area contributed by atoms with Crippen LogP contribution in [-0.2, 0) is 4.74 Å². The van der Waals surface area contributed by atoms with Gasteiger partial charge < -0.3 is 10.1 Å². The van der Waals surface area contributed by atoms with Gasteiger partial charge in [0.15, 0.2) is 0 Å². The summed E-state index contributed by atoms with van der Waals surface area (Å²) >= 11 is 0. The van der Waals surface area contributed by atoms with E-state index in [1.165, 1.54) is 5.57 Å². The highest BCUT2D eigenvalue weighted by Crippen LogP contribution is 1.85. The Labute approximate surface area is 67.4 Å². The van der Waals surface area contributed by atoms with E-state index in [9.17, 15) is 4.79 Å². The van der Waals surface area contributed by atoms with Crippen LogP contribution in [0.25, 0.3) is 0 Å². The summed E-state index contributed by atoms with van der Waals surface area (Å²) in [6.07, 6.45) is 1.57. The lowest BCUT2D eigenvalue weighted by atomic mass is 10.3. The topological polar surface area (TPSA) is 38.3 Å². The van der Waals surface area contributed by atoms with Crippen LogP contribution in [0, 0.1) is 0 Å². The molecule has 1 amide bonds. The zero-order valence-electron chi connectivity index (χ0n) is 7.31. The molecule has 0 unspecified atom stereocenters. The molecule has 0 bridgehead atoms. The second-order valence-electron chi connectivity index (χ2n) is 2.38. The van der Waals surface area contributed by atoms with Crippen molar-refractivity contribution >= 4 is 6.09 Å². The van der Waals surface area contributed by atoms with Crippen LogP contribution >= 0.6 is 0 Å². The van der Waals surface area contributed by atoms with Crippen molar-refractivity contribution in [1.82, 2.24) is 5.32 Å². The SMILES string of the molecule is CCOC(=O)NCC=C(C)C. The van der Waals surface area contributed by atoms with Crippen LogP contribution in [0.2, 0.25) is 0 Å². The summed E-state index contributed by atoms with van der Waals surface area (Å²) in [4.78, 5) is 10.7. The van der Waals surface area contributed by atoms with E-state index in [4.69, 9.17) is 0 Å². The third kappa shape index (κ3) is 6.90. The maximum atomic E-state index is 10.7. The molecule has 0 rings (SSSR count). The molecule has 0 fully saturated rings. The number of allylic oxidation sites excluding steroid dienone is 1. The van der Waals surface area contributed by atoms with Gasteiger partial charge in [-0.05, 0) is 20.8 Å². The van der Waals surface area contributed by atoms with Crippen LogP contribution in [0.3, 0.4) is 0 Å². The van der Waals surface area contributed by atoms with Crippen LogP contribution in [0.5, 0.6) is 0 Å². The summed E-state index contributed by atoms with van der Waals surface area (Å²) in [5.74, 6) is 0. The van der Waals surface area contributed by atoms with Crippen molar-refractivity contribution in [3.05, 3.63) is 11.6 Å². The normalized spacial score (nSPS) is 8.64. The molecule has 0 aliphatic carbocycles. The average molecular weight is 157 g/mol. The summed E-state index contributed by atoms with van der Waals surface area (Å²) < 4.78 is 4.64. The number of carbonyl (C=O) groups is 1. The Kier molecular flexibility index (Phi) is 5.25. The first-order chi connectivity index (χ1) is 5.16. The second kappa shape index (κ2) is 5.77. The van der Waals surface area contributed by atoms with Crippen molar-refractivity contribution in [1.29, 1.82) is 0 Å². The van der Waals surface area contributed by atoms with Gasteiger partial charge in [0, 0.05) is 6.54 Å². The third-order valence-electron chi connectivity index (χ3n) is 1.03. The number of amides is 1. The number of carbonyl (C=O) groups excluding carboxylic acids is 1. The van der Waals surface area contributed by atoms with Crippen LogP contribution in [0.4, 0.5) is 4.79 Å². The monoisotopic (exact) mass is 157 g/mol. The summed E-state index contributed by atoms with van der Waals surface area (Å²) in [5.41, 5.74) is 1.18. The molecule has 0 atom stereocenters. The number of alkyl carbamates (subject to hydrolysis) is 1. The van der Waals surface area contributed by atoms with Gasteiger partial charge in [-0.25, -0.2) is 4.79 Å². The van der Waals surface area contributed by atoms with E-state index in [-0.39, 0.29) is 6.09 Å². The number of hydrogen-bond donors (Lipinski definition) is 1. The van der Waals surface area contributed by atoms with Crippen LogP contribution in [0.15, 0.2) is 11.6 Å². The van der Waals surface area contributed by atoms with Gasteiger partial charge >= 0.3 is 6.09 Å². The van der Waals surface area contributed by atoms with Crippen LogP contribution in [-0.4, -0.2) is 19.2 Å². The molecule has 3 heteroatoms. The fraction of sp³-hybridized carbons (Fsp3) is 0.625. The minimum Gasteiger partial charge on any atom is -0.450 e. The quantitative estimate of drug-likeness (QED) is 0.633. The van der Waals surface area contributed by atoms with Crippen molar-refractivity contribution in [2.75, 3.05) is 13.2 Å². The molecule has 1 N–H and O–H groups in total. The highest BCUT2D eigenvalue weighted by molar-refractivity contribution is 5.67. The number of nitrogens with one attached hydrogen (secondary N) is 1. The molecule has 0 radical (unpaired) electrons. The van der Waals surface area contributed by atoms with E-state index >= 15 is 0 Å². The molecule has 11 heavy (non-hydrogen) atoms. The van der Waals surface area contributed by atoms with Gasteiger partial charge in [-0.3, -0.25) is 0 Å². The minimum absolute atomic E-state index is 0.356. The van der Waals surface area contributed by atoms with Crippen molar-refractivity contribution in [3.8, 4) is 0 Å². The van der Waals surface area contributed by atoms with Gasteiger partial charge in [0.05, 0.1) is 6.61 Å². The molecular formula is C8H15NO2. The Morgan fingerprint density at radius 3 is 2.64 bits per heavy atom. The first-order valence-corrected chi connectivity index (χ1v) is 3.70. The van der Waals surface area contributed by atoms with Gasteiger partial charge in [0.25, 0.3) is 0 Å². The average Bonchev–Trinajstić information content (AvgIpc) is 1.87. The first kappa shape index (κ1) is 10.0. The first-order valence-electron chi connectivity index (χ1n) is 3.70. The molecule has 0 aliphatic rings. The highest BCUT2D eigenvalue weighted by atomic mass is 16.5. The fourth-order valence-corrected chi connectivity index (χ4v) is 0.521. The van der Waals surface area contributed by atoms with Crippen molar-refractivity contribution < 1.29 is 9.53 Å². The Balaban J connectivity index is 3.39. The summed E-state index contributed by atoms with van der Waals surface area (Å²) in [7, 11) is 0. The lowest BCUT2D eigenvalue weighted by Gasteiger charge is -2.01. The Bertz CT molecular complexity index is 148. The molecule has 0 saturated carbocycles. The Morgan fingerprint density at radius 1 is 1.55 bits per heavy atom. The summed E-state index contributed by atoms with van der Waals surface area (Å²) in [5, 5.41) is 2.58. The second-order valence-corrected chi connectivity index (χ2v) is 2.38. The fourth-order valence-electron chi connectivity index (χ4n) is 0.521. The zero-order valence-corrected chi connectivity index (χ0v) is 7.31. The van der Waals surface area contributed by atoms with Crippen molar-refractivity contribution in [2.24, 2.45) is 0 Å². The van der Waals surface area contributed by atoms with Crippen molar-refractivity contribution in [3.63, 3.8) is 0 Å². The predicted molar refractivity (Wildman–Crippen MR) is 44.5 cm³/mol. The molecule has 0 aromatic carbocycles. The maximum Gasteiger partial charge on any atom is 0.407 e. The minimum atomic E-state index is -0.356. The number of hydrogen-bond acceptors (Lipinski definition) is 2. The molecule has 0 spiro atoms. The maximum absolute atomic E-state index is 10.7. The molecule has 0 heterocycles. The largest absolute Gasteiger partial charge is 0.450 e. The highest BCUT2D eigenvalue weighted by Gasteiger charge is 1.94. The van der Waals surface area contributed by atoms with Gasteiger partial charge in [0.2, 0.25) is 0 Å². The van der Waals surface area contributed by atoms with Crippen molar-refractivity contribution in [2.45, 2.75) is 20.8 Å². The van der Waals surface area contributed by atoms with Gasteiger partial charge in [-0.2, -0.15) is 0 Å². The molecule has 3 nitrogen and oxygen atoms in total. The predicted octanol–water partition coefficient (Wildman–Crippen LogP) is 1.70. The number of ether oxygens (including phenoxy) is 1. The van der Waals surface area contributed by atoms with E-state index in [0.717, 1.165) is 0 Å². The number of rotatable bonds is 3. The Hall–Kier alpha value is -0.990. The molecule has 64 valence electrons. The molecule has 0 saturated heterocycles. The zero-order chi connectivity index (χ0) is 8.69. The third-order valence-corrected chi connectivity index (χ3v) is 1.03.